The molecule has 0 aromatic heterocycles. The molecule has 1 atom stereocenters. The Morgan fingerprint density at radius 2 is 1.32 bits per heavy atom. The van der Waals surface area contributed by atoms with Crippen LogP contribution in [0.1, 0.15) is 43.0 Å². The highest BCUT2D eigenvalue weighted by Gasteiger charge is 2.36. The van der Waals surface area contributed by atoms with Crippen LogP contribution in [0.5, 0.6) is 0 Å². The van der Waals surface area contributed by atoms with Gasteiger partial charge in [0.2, 0.25) is 11.8 Å². The minimum absolute atomic E-state index is 0.0784. The summed E-state index contributed by atoms with van der Waals surface area (Å²) < 4.78 is 29.5. The summed E-state index contributed by atoms with van der Waals surface area (Å²) in [6.07, 6.45) is 0.260. The lowest BCUT2D eigenvalue weighted by atomic mass is 10.0. The molecule has 0 saturated carbocycles. The van der Waals surface area contributed by atoms with E-state index < -0.39 is 34.1 Å². The topological polar surface area (TPSA) is 86.8 Å². The number of hydrogen-bond acceptors (Lipinski definition) is 4. The molecule has 7 nitrogen and oxygen atoms in total. The van der Waals surface area contributed by atoms with Crippen molar-refractivity contribution in [3.05, 3.63) is 131 Å². The zero-order valence-corrected chi connectivity index (χ0v) is 26.8. The number of nitrogens with one attached hydrogen (secondary N) is 1. The third-order valence-corrected chi connectivity index (χ3v) is 8.98. The Labute approximate surface area is 261 Å². The number of hydrogen-bond donors (Lipinski definition) is 1. The molecule has 0 heterocycles. The van der Waals surface area contributed by atoms with Crippen LogP contribution in [0.3, 0.4) is 0 Å². The Kier molecular flexibility index (Phi) is 10.3. The van der Waals surface area contributed by atoms with E-state index in [1.54, 1.807) is 24.3 Å². The molecule has 0 radical (unpaired) electrons. The standard InChI is InChI=1S/C36H41N3O4S/c1-27-21-22-28(2)32(23-27)39(44(42,43)31-19-13-8-14-20-31)26-34(40)38(25-30-17-11-7-12-18-30)33(35(41)37-36(3,4)5)24-29-15-9-6-10-16-29/h6-23,33H,24-26H2,1-5H3,(H,37,41)/t33-/m1/s1. The van der Waals surface area contributed by atoms with Gasteiger partial charge in [-0.05, 0) is 75.1 Å². The Morgan fingerprint density at radius 1 is 0.773 bits per heavy atom. The van der Waals surface area contributed by atoms with Crippen molar-refractivity contribution >= 4 is 27.5 Å². The van der Waals surface area contributed by atoms with Gasteiger partial charge in [-0.3, -0.25) is 13.9 Å². The van der Waals surface area contributed by atoms with Gasteiger partial charge in [0.05, 0.1) is 10.6 Å². The molecule has 0 fully saturated rings. The predicted octanol–water partition coefficient (Wildman–Crippen LogP) is 6.05. The minimum atomic E-state index is -4.14. The van der Waals surface area contributed by atoms with Gasteiger partial charge >= 0.3 is 0 Å². The van der Waals surface area contributed by atoms with Gasteiger partial charge in [-0.25, -0.2) is 8.42 Å². The number of benzene rings is 4. The Bertz CT molecular complexity index is 1670. The SMILES string of the molecule is Cc1ccc(C)c(N(CC(=O)N(Cc2ccccc2)[C@H](Cc2ccccc2)C(=O)NC(C)(C)C)S(=O)(=O)c2ccccc2)c1. The van der Waals surface area contributed by atoms with Crippen LogP contribution in [-0.2, 0) is 32.6 Å². The average molecular weight is 612 g/mol. The van der Waals surface area contributed by atoms with Gasteiger partial charge in [0.25, 0.3) is 10.0 Å². The van der Waals surface area contributed by atoms with Gasteiger partial charge in [-0.1, -0.05) is 91.0 Å². The maximum atomic E-state index is 14.5. The molecule has 0 aliphatic carbocycles. The van der Waals surface area contributed by atoms with Gasteiger partial charge < -0.3 is 10.2 Å². The van der Waals surface area contributed by atoms with E-state index in [2.05, 4.69) is 5.32 Å². The molecule has 0 aliphatic rings. The van der Waals surface area contributed by atoms with E-state index in [0.29, 0.717) is 11.3 Å². The molecule has 4 aromatic rings. The number of anilines is 1. The summed E-state index contributed by atoms with van der Waals surface area (Å²) >= 11 is 0. The van der Waals surface area contributed by atoms with Gasteiger partial charge in [-0.15, -0.1) is 0 Å². The molecule has 2 amide bonds. The van der Waals surface area contributed by atoms with Crippen molar-refractivity contribution in [1.29, 1.82) is 0 Å². The van der Waals surface area contributed by atoms with Crippen LogP contribution in [0.2, 0.25) is 0 Å². The predicted molar refractivity (Wildman–Crippen MR) is 176 cm³/mol. The minimum Gasteiger partial charge on any atom is -0.350 e. The summed E-state index contributed by atoms with van der Waals surface area (Å²) in [5.74, 6) is -0.797. The molecular formula is C36H41N3O4S. The number of aryl methyl sites for hydroxylation is 2. The normalized spacial score (nSPS) is 12.3. The molecule has 0 unspecified atom stereocenters. The number of amides is 2. The zero-order chi connectivity index (χ0) is 31.9. The number of carbonyl (C=O) groups excluding carboxylic acids is 2. The highest BCUT2D eigenvalue weighted by molar-refractivity contribution is 7.92. The van der Waals surface area contributed by atoms with Crippen LogP contribution in [0, 0.1) is 13.8 Å². The van der Waals surface area contributed by atoms with Gasteiger partial charge in [0.1, 0.15) is 12.6 Å². The van der Waals surface area contributed by atoms with Crippen LogP contribution in [0.4, 0.5) is 5.69 Å². The summed E-state index contributed by atoms with van der Waals surface area (Å²) in [6, 6.07) is 31.7. The first-order chi connectivity index (χ1) is 20.8. The van der Waals surface area contributed by atoms with Crippen LogP contribution in [-0.4, -0.2) is 43.3 Å². The summed E-state index contributed by atoms with van der Waals surface area (Å²) in [5.41, 5.74) is 3.15. The van der Waals surface area contributed by atoms with Crippen molar-refractivity contribution < 1.29 is 18.0 Å². The molecular weight excluding hydrogens is 570 g/mol. The smallest absolute Gasteiger partial charge is 0.264 e. The summed E-state index contributed by atoms with van der Waals surface area (Å²) in [4.78, 5) is 30.1. The third-order valence-electron chi connectivity index (χ3n) is 7.21. The third kappa shape index (κ3) is 8.35. The molecule has 4 rings (SSSR count). The van der Waals surface area contributed by atoms with Gasteiger partial charge in [0.15, 0.2) is 0 Å². The molecule has 8 heteroatoms. The Morgan fingerprint density at radius 3 is 1.89 bits per heavy atom. The van der Waals surface area contributed by atoms with Crippen molar-refractivity contribution in [2.24, 2.45) is 0 Å². The summed E-state index contributed by atoms with van der Waals surface area (Å²) in [7, 11) is -4.14. The highest BCUT2D eigenvalue weighted by atomic mass is 32.2. The van der Waals surface area contributed by atoms with Crippen molar-refractivity contribution in [3.63, 3.8) is 0 Å². The first-order valence-electron chi connectivity index (χ1n) is 14.7. The number of sulfonamides is 1. The Balaban J connectivity index is 1.83. The van der Waals surface area contributed by atoms with E-state index in [4.69, 9.17) is 0 Å². The van der Waals surface area contributed by atoms with Crippen LogP contribution in [0.25, 0.3) is 0 Å². The number of nitrogens with zero attached hydrogens (tertiary/aromatic N) is 2. The maximum Gasteiger partial charge on any atom is 0.264 e. The largest absolute Gasteiger partial charge is 0.350 e. The summed E-state index contributed by atoms with van der Waals surface area (Å²) in [5, 5.41) is 3.05. The molecule has 1 N–H and O–H groups in total. The van der Waals surface area contributed by atoms with Crippen molar-refractivity contribution in [1.82, 2.24) is 10.2 Å². The summed E-state index contributed by atoms with van der Waals surface area (Å²) in [6.45, 7) is 9.02. The first kappa shape index (κ1) is 32.5. The monoisotopic (exact) mass is 611 g/mol. The Hall–Kier alpha value is -4.43. The van der Waals surface area contributed by atoms with Gasteiger partial charge in [-0.2, -0.15) is 0 Å². The van der Waals surface area contributed by atoms with E-state index in [1.165, 1.54) is 21.3 Å². The lowest BCUT2D eigenvalue weighted by Crippen LogP contribution is -2.56. The van der Waals surface area contributed by atoms with Crippen LogP contribution >= 0.6 is 0 Å². The molecule has 44 heavy (non-hydrogen) atoms. The first-order valence-corrected chi connectivity index (χ1v) is 16.1. The van der Waals surface area contributed by atoms with Crippen LogP contribution in [0.15, 0.2) is 114 Å². The maximum absolute atomic E-state index is 14.5. The van der Waals surface area contributed by atoms with E-state index in [0.717, 1.165) is 16.7 Å². The fourth-order valence-corrected chi connectivity index (χ4v) is 6.50. The van der Waals surface area contributed by atoms with Crippen LogP contribution < -0.4 is 9.62 Å². The van der Waals surface area contributed by atoms with E-state index in [9.17, 15) is 18.0 Å². The second kappa shape index (κ2) is 13.9. The van der Waals surface area contributed by atoms with Crippen molar-refractivity contribution in [2.75, 3.05) is 10.8 Å². The van der Waals surface area contributed by atoms with E-state index >= 15 is 0 Å². The van der Waals surface area contributed by atoms with E-state index in [1.807, 2.05) is 107 Å². The fraction of sp³-hybridized carbons (Fsp3) is 0.278. The highest BCUT2D eigenvalue weighted by Crippen LogP contribution is 2.29. The molecule has 0 spiro atoms. The molecule has 4 aromatic carbocycles. The fourth-order valence-electron chi connectivity index (χ4n) is 5.01. The average Bonchev–Trinajstić information content (AvgIpc) is 2.99. The van der Waals surface area contributed by atoms with Gasteiger partial charge in [0, 0.05) is 18.5 Å². The van der Waals surface area contributed by atoms with Crippen molar-refractivity contribution in [3.8, 4) is 0 Å². The second-order valence-corrected chi connectivity index (χ2v) is 13.9. The van der Waals surface area contributed by atoms with E-state index in [-0.39, 0.29) is 23.8 Å². The molecule has 230 valence electrons. The molecule has 0 bridgehead atoms. The second-order valence-electron chi connectivity index (χ2n) is 12.1. The van der Waals surface area contributed by atoms with Crippen molar-refractivity contribution in [2.45, 2.75) is 64.1 Å². The lowest BCUT2D eigenvalue weighted by Gasteiger charge is -2.35. The number of rotatable bonds is 11. The molecule has 0 aliphatic heterocycles. The zero-order valence-electron chi connectivity index (χ0n) is 26.0. The quantitative estimate of drug-likeness (QED) is 0.224. The number of carbonyl (C=O) groups is 2. The molecule has 0 saturated heterocycles. The lowest BCUT2D eigenvalue weighted by molar-refractivity contribution is -0.140.